The summed E-state index contributed by atoms with van der Waals surface area (Å²) >= 11 is 0. The monoisotopic (exact) mass is 1510 g/mol. The number of unbranched alkanes of at least 4 members (excludes halogenated alkanes) is 70. The van der Waals surface area contributed by atoms with Gasteiger partial charge in [0, 0.05) is 6.42 Å². The molecule has 0 aromatic rings. The van der Waals surface area contributed by atoms with E-state index in [4.69, 9.17) is 18.9 Å². The molecule has 2 heterocycles. The highest BCUT2D eigenvalue weighted by Gasteiger charge is 2.51. The molecule has 0 radical (unpaired) electrons. The van der Waals surface area contributed by atoms with Gasteiger partial charge in [-0.1, -0.05) is 470 Å². The van der Waals surface area contributed by atoms with Crippen LogP contribution in [0.4, 0.5) is 0 Å². The van der Waals surface area contributed by atoms with Crippen LogP contribution in [0.25, 0.3) is 0 Å². The molecule has 14 heteroatoms. The van der Waals surface area contributed by atoms with E-state index >= 15 is 0 Å². The highest BCUT2D eigenvalue weighted by atomic mass is 16.7. The molecule has 2 rings (SSSR count). The quantitative estimate of drug-likeness (QED) is 0.0259. The smallest absolute Gasteiger partial charge is 0.220 e. The Morgan fingerprint density at radius 2 is 0.538 bits per heavy atom. The van der Waals surface area contributed by atoms with Crippen LogP contribution in [0.5, 0.6) is 0 Å². The molecule has 0 saturated carbocycles. The Hall–Kier alpha value is -1.01. The second kappa shape index (κ2) is 76.6. The molecule has 2 saturated heterocycles. The molecule has 0 spiro atoms. The van der Waals surface area contributed by atoms with Gasteiger partial charge in [0.1, 0.15) is 48.8 Å². The number of aliphatic hydroxyl groups excluding tert-OH is 8. The number of carbonyl (C=O) groups is 1. The van der Waals surface area contributed by atoms with E-state index < -0.39 is 86.8 Å². The van der Waals surface area contributed by atoms with E-state index in [2.05, 4.69) is 19.2 Å². The largest absolute Gasteiger partial charge is 0.394 e. The first-order valence-electron chi connectivity index (χ1n) is 47.3. The molecular formula is C92H181NO13. The highest BCUT2D eigenvalue weighted by Crippen LogP contribution is 2.31. The number of rotatable bonds is 83. The molecule has 2 fully saturated rings. The predicted molar refractivity (Wildman–Crippen MR) is 443 cm³/mol. The predicted octanol–water partition coefficient (Wildman–Crippen LogP) is 23.4. The Balaban J connectivity index is 1.52. The lowest BCUT2D eigenvalue weighted by Crippen LogP contribution is -2.65. The van der Waals surface area contributed by atoms with Gasteiger partial charge in [0.15, 0.2) is 12.6 Å². The van der Waals surface area contributed by atoms with E-state index in [0.717, 1.165) is 51.4 Å². The average molecular weight is 1510 g/mol. The van der Waals surface area contributed by atoms with Gasteiger partial charge in [-0.25, -0.2) is 0 Å². The van der Waals surface area contributed by atoms with Gasteiger partial charge in [0.25, 0.3) is 0 Å². The zero-order valence-corrected chi connectivity index (χ0v) is 70.0. The molecule has 0 aromatic carbocycles. The standard InChI is InChI=1S/C92H181NO13/c1-3-5-7-9-11-13-15-17-19-21-23-25-27-29-31-33-35-37-38-39-40-41-42-43-44-46-48-50-52-54-56-58-60-62-64-66-68-70-72-74-76-84(97)93-80(79-103-91-89(102)87(100)90(83(78-95)105-91)106-92-88(101)86(99)85(98)82(77-94)104-92)81(96)75-73-71-69-67-65-63-61-59-57-55-53-51-49-47-45-36-34-32-30-28-26-24-22-20-18-16-14-12-10-8-6-4-2/h80-83,85-92,94-96,98-102H,3-79H2,1-2H3,(H,93,97). The van der Waals surface area contributed by atoms with Crippen molar-refractivity contribution in [3.05, 3.63) is 0 Å². The van der Waals surface area contributed by atoms with Crippen LogP contribution >= 0.6 is 0 Å². The number of hydrogen-bond donors (Lipinski definition) is 9. The van der Waals surface area contributed by atoms with Crippen LogP contribution in [0, 0.1) is 0 Å². The molecule has 2 aliphatic heterocycles. The summed E-state index contributed by atoms with van der Waals surface area (Å²) in [6, 6.07) is -0.827. The zero-order valence-electron chi connectivity index (χ0n) is 70.0. The fourth-order valence-corrected chi connectivity index (χ4v) is 16.4. The second-order valence-corrected chi connectivity index (χ2v) is 33.9. The first kappa shape index (κ1) is 101. The maximum Gasteiger partial charge on any atom is 0.220 e. The summed E-state index contributed by atoms with van der Waals surface area (Å²) in [7, 11) is 0. The van der Waals surface area contributed by atoms with E-state index in [1.165, 1.54) is 411 Å². The van der Waals surface area contributed by atoms with Gasteiger partial charge < -0.3 is 65.1 Å². The number of hydrogen-bond acceptors (Lipinski definition) is 13. The van der Waals surface area contributed by atoms with E-state index in [1.807, 2.05) is 0 Å². The molecule has 14 nitrogen and oxygen atoms in total. The van der Waals surface area contributed by atoms with Crippen molar-refractivity contribution in [2.45, 2.75) is 563 Å². The van der Waals surface area contributed by atoms with Crippen molar-refractivity contribution < 1.29 is 64.6 Å². The second-order valence-electron chi connectivity index (χ2n) is 33.9. The zero-order chi connectivity index (χ0) is 76.5. The van der Waals surface area contributed by atoms with E-state index in [9.17, 15) is 45.6 Å². The van der Waals surface area contributed by atoms with Gasteiger partial charge in [-0.15, -0.1) is 0 Å². The summed E-state index contributed by atoms with van der Waals surface area (Å²) in [6.07, 6.45) is 82.1. The van der Waals surface area contributed by atoms with Gasteiger partial charge >= 0.3 is 0 Å². The first-order chi connectivity index (χ1) is 52.1. The van der Waals surface area contributed by atoms with Crippen molar-refractivity contribution in [1.82, 2.24) is 5.32 Å². The van der Waals surface area contributed by atoms with Gasteiger partial charge in [-0.3, -0.25) is 4.79 Å². The maximum absolute atomic E-state index is 13.5. The molecule has 106 heavy (non-hydrogen) atoms. The van der Waals surface area contributed by atoms with Crippen molar-refractivity contribution in [1.29, 1.82) is 0 Å². The molecule has 632 valence electrons. The number of carbonyl (C=O) groups excluding carboxylic acids is 1. The average Bonchev–Trinajstić information content (AvgIpc) is 0.789. The number of aliphatic hydroxyl groups is 8. The minimum Gasteiger partial charge on any atom is -0.394 e. The Labute approximate surface area is 654 Å². The van der Waals surface area contributed by atoms with Crippen LogP contribution in [-0.2, 0) is 23.7 Å². The Kier molecular flexibility index (Phi) is 73.0. The first-order valence-corrected chi connectivity index (χ1v) is 47.3. The highest BCUT2D eigenvalue weighted by molar-refractivity contribution is 5.76. The molecule has 12 atom stereocenters. The third kappa shape index (κ3) is 57.9. The molecule has 2 aliphatic rings. The number of ether oxygens (including phenoxy) is 4. The van der Waals surface area contributed by atoms with Gasteiger partial charge in [-0.2, -0.15) is 0 Å². The van der Waals surface area contributed by atoms with Crippen molar-refractivity contribution in [3.63, 3.8) is 0 Å². The summed E-state index contributed by atoms with van der Waals surface area (Å²) in [5, 5.41) is 88.1. The van der Waals surface area contributed by atoms with Crippen LogP contribution in [0.2, 0.25) is 0 Å². The summed E-state index contributed by atoms with van der Waals surface area (Å²) < 4.78 is 23.1. The molecule has 0 aromatic heterocycles. The lowest BCUT2D eigenvalue weighted by molar-refractivity contribution is -0.359. The normalized spacial score (nSPS) is 21.2. The van der Waals surface area contributed by atoms with Gasteiger partial charge in [0.05, 0.1) is 32.0 Å². The summed E-state index contributed by atoms with van der Waals surface area (Å²) in [4.78, 5) is 13.5. The third-order valence-corrected chi connectivity index (χ3v) is 23.8. The van der Waals surface area contributed by atoms with Crippen molar-refractivity contribution in [3.8, 4) is 0 Å². The molecule has 0 bridgehead atoms. The van der Waals surface area contributed by atoms with Crippen LogP contribution in [0.1, 0.15) is 489 Å². The Morgan fingerprint density at radius 3 is 0.802 bits per heavy atom. The number of amides is 1. The third-order valence-electron chi connectivity index (χ3n) is 23.8. The fourth-order valence-electron chi connectivity index (χ4n) is 16.4. The Bertz CT molecular complexity index is 1780. The molecule has 0 aliphatic carbocycles. The summed E-state index contributed by atoms with van der Waals surface area (Å²) in [6.45, 7) is 2.96. The lowest BCUT2D eigenvalue weighted by atomic mass is 9.97. The van der Waals surface area contributed by atoms with Crippen molar-refractivity contribution >= 4 is 5.91 Å². The van der Waals surface area contributed by atoms with E-state index in [-0.39, 0.29) is 12.5 Å². The van der Waals surface area contributed by atoms with Crippen molar-refractivity contribution in [2.24, 2.45) is 0 Å². The summed E-state index contributed by atoms with van der Waals surface area (Å²) in [5.41, 5.74) is 0. The van der Waals surface area contributed by atoms with Gasteiger partial charge in [-0.05, 0) is 12.8 Å². The minimum atomic E-state index is -1.78. The van der Waals surface area contributed by atoms with Crippen LogP contribution in [0.3, 0.4) is 0 Å². The number of nitrogens with one attached hydrogen (secondary N) is 1. The summed E-state index contributed by atoms with van der Waals surface area (Å²) in [5.74, 6) is -0.193. The fraction of sp³-hybridized carbons (Fsp3) is 0.989. The molecule has 1 amide bonds. The van der Waals surface area contributed by atoms with Crippen molar-refractivity contribution in [2.75, 3.05) is 19.8 Å². The molecular weight excluding hydrogens is 1330 g/mol. The molecule has 9 N–H and O–H groups in total. The van der Waals surface area contributed by atoms with Crippen LogP contribution in [0.15, 0.2) is 0 Å². The lowest BCUT2D eigenvalue weighted by Gasteiger charge is -2.46. The minimum absolute atomic E-state index is 0.193. The Morgan fingerprint density at radius 1 is 0.302 bits per heavy atom. The van der Waals surface area contributed by atoms with Gasteiger partial charge in [0.2, 0.25) is 5.91 Å². The SMILES string of the molecule is CCCCCCCCCCCCCCCCCCCCCCCCCCCCCCCCCCCCCCCCCCC(=O)NC(COC1OC(CO)C(OC2OC(CO)C(O)C(O)C2O)C(O)C1O)C(O)CCCCCCCCCCCCCCCCCCCCCCCCCCCCCCCCCC. The van der Waals surface area contributed by atoms with E-state index in [0.29, 0.717) is 12.8 Å². The molecule has 12 unspecified atom stereocenters. The van der Waals surface area contributed by atoms with E-state index in [1.54, 1.807) is 0 Å². The van der Waals surface area contributed by atoms with Crippen LogP contribution < -0.4 is 5.32 Å². The van der Waals surface area contributed by atoms with Crippen LogP contribution in [-0.4, -0.2) is 140 Å². The topological polar surface area (TPSA) is 228 Å². The maximum atomic E-state index is 13.5.